The number of benzene rings is 1. The number of hydrogen-bond acceptors (Lipinski definition) is 4. The number of nitrogens with zero attached hydrogens (tertiary/aromatic N) is 2. The van der Waals surface area contributed by atoms with Gasteiger partial charge in [0.2, 0.25) is 11.8 Å². The van der Waals surface area contributed by atoms with Crippen LogP contribution in [0.25, 0.3) is 11.3 Å². The first kappa shape index (κ1) is 18.6. The van der Waals surface area contributed by atoms with Crippen LogP contribution in [0, 0.1) is 5.92 Å². The molecule has 146 valence electrons. The molecule has 2 aliphatic rings. The van der Waals surface area contributed by atoms with E-state index in [0.717, 1.165) is 42.6 Å². The Morgan fingerprint density at radius 2 is 1.89 bits per heavy atom. The zero-order valence-corrected chi connectivity index (χ0v) is 15.8. The molecule has 1 saturated heterocycles. The molecule has 1 saturated carbocycles. The van der Waals surface area contributed by atoms with Crippen molar-refractivity contribution in [1.82, 2.24) is 9.88 Å². The highest BCUT2D eigenvalue weighted by atomic mass is 16.5. The molecule has 2 aromatic rings. The molecule has 0 spiro atoms. The van der Waals surface area contributed by atoms with Crippen LogP contribution in [0.3, 0.4) is 0 Å². The maximum Gasteiger partial charge on any atom is 0.248 e. The number of carbonyl (C=O) groups excluding carboxylic acids is 2. The minimum atomic E-state index is -0.463. The molecule has 1 aliphatic carbocycles. The first-order valence-electron chi connectivity index (χ1n) is 9.89. The van der Waals surface area contributed by atoms with Crippen LogP contribution in [0.5, 0.6) is 0 Å². The van der Waals surface area contributed by atoms with Crippen molar-refractivity contribution in [1.29, 1.82) is 0 Å². The Balaban J connectivity index is 1.53. The molecule has 2 amide bonds. The van der Waals surface area contributed by atoms with Crippen molar-refractivity contribution in [2.75, 3.05) is 19.7 Å². The third-order valence-electron chi connectivity index (χ3n) is 5.63. The van der Waals surface area contributed by atoms with Crippen LogP contribution in [0.2, 0.25) is 0 Å². The lowest BCUT2D eigenvalue weighted by atomic mass is 10.0. The number of aromatic nitrogens is 1. The molecule has 2 heterocycles. The first-order valence-corrected chi connectivity index (χ1v) is 9.89. The standard InChI is InChI=1S/C22H25N3O3/c23-21(26)17-8-3-7-16(13-17)18-9-4-10-19(24-18)20-14-25(11-12-28-20)22(27)15-5-1-2-6-15/h3-4,7-10,13,15,20H,1-2,5-6,11-12,14H2,(H2,23,26)/t20-/m1/s1. The van der Waals surface area contributed by atoms with E-state index in [9.17, 15) is 9.59 Å². The van der Waals surface area contributed by atoms with Crippen molar-refractivity contribution in [2.24, 2.45) is 11.7 Å². The van der Waals surface area contributed by atoms with Gasteiger partial charge in [-0.3, -0.25) is 9.59 Å². The highest BCUT2D eigenvalue weighted by Gasteiger charge is 2.32. The Labute approximate surface area is 164 Å². The molecule has 28 heavy (non-hydrogen) atoms. The lowest BCUT2D eigenvalue weighted by molar-refractivity contribution is -0.143. The second-order valence-electron chi connectivity index (χ2n) is 7.52. The second-order valence-corrected chi connectivity index (χ2v) is 7.52. The summed E-state index contributed by atoms with van der Waals surface area (Å²) in [7, 11) is 0. The second kappa shape index (κ2) is 8.10. The van der Waals surface area contributed by atoms with Gasteiger partial charge in [0.25, 0.3) is 0 Å². The number of rotatable bonds is 4. The van der Waals surface area contributed by atoms with Crippen LogP contribution >= 0.6 is 0 Å². The van der Waals surface area contributed by atoms with Gasteiger partial charge < -0.3 is 15.4 Å². The summed E-state index contributed by atoms with van der Waals surface area (Å²) in [5.41, 5.74) is 8.21. The highest BCUT2D eigenvalue weighted by molar-refractivity contribution is 5.94. The minimum Gasteiger partial charge on any atom is -0.368 e. The van der Waals surface area contributed by atoms with Gasteiger partial charge in [0.05, 0.1) is 24.5 Å². The number of ether oxygens (including phenoxy) is 1. The van der Waals surface area contributed by atoms with E-state index in [1.807, 2.05) is 29.2 Å². The van der Waals surface area contributed by atoms with Gasteiger partial charge in [0, 0.05) is 23.6 Å². The molecule has 2 fully saturated rings. The average molecular weight is 379 g/mol. The van der Waals surface area contributed by atoms with Crippen molar-refractivity contribution in [3.8, 4) is 11.3 Å². The van der Waals surface area contributed by atoms with E-state index in [0.29, 0.717) is 25.3 Å². The number of morpholine rings is 1. The van der Waals surface area contributed by atoms with Crippen LogP contribution in [0.1, 0.15) is 47.8 Å². The number of primary amides is 1. The van der Waals surface area contributed by atoms with Gasteiger partial charge in [-0.05, 0) is 37.1 Å². The van der Waals surface area contributed by atoms with Crippen molar-refractivity contribution < 1.29 is 14.3 Å². The van der Waals surface area contributed by atoms with E-state index in [1.54, 1.807) is 18.2 Å². The van der Waals surface area contributed by atoms with Crippen LogP contribution in [0.15, 0.2) is 42.5 Å². The average Bonchev–Trinajstić information content (AvgIpc) is 3.28. The summed E-state index contributed by atoms with van der Waals surface area (Å²) in [6.07, 6.45) is 4.07. The zero-order chi connectivity index (χ0) is 19.5. The normalized spacial score (nSPS) is 20.3. The topological polar surface area (TPSA) is 85.5 Å². The highest BCUT2D eigenvalue weighted by Crippen LogP contribution is 2.29. The molecule has 1 aromatic carbocycles. The summed E-state index contributed by atoms with van der Waals surface area (Å²) in [6.45, 7) is 1.70. The molecule has 0 bridgehead atoms. The predicted molar refractivity (Wildman–Crippen MR) is 105 cm³/mol. The van der Waals surface area contributed by atoms with Gasteiger partial charge in [-0.2, -0.15) is 0 Å². The van der Waals surface area contributed by atoms with Crippen molar-refractivity contribution in [3.05, 3.63) is 53.7 Å². The fourth-order valence-electron chi connectivity index (χ4n) is 4.08. The zero-order valence-electron chi connectivity index (χ0n) is 15.8. The van der Waals surface area contributed by atoms with Gasteiger partial charge in [0.15, 0.2) is 0 Å². The van der Waals surface area contributed by atoms with Crippen molar-refractivity contribution >= 4 is 11.8 Å². The van der Waals surface area contributed by atoms with Crippen LogP contribution in [0.4, 0.5) is 0 Å². The molecule has 0 unspecified atom stereocenters. The minimum absolute atomic E-state index is 0.176. The largest absolute Gasteiger partial charge is 0.368 e. The Hall–Kier alpha value is -2.73. The fraction of sp³-hybridized carbons (Fsp3) is 0.409. The van der Waals surface area contributed by atoms with E-state index in [1.165, 1.54) is 0 Å². The van der Waals surface area contributed by atoms with Gasteiger partial charge in [-0.15, -0.1) is 0 Å². The fourth-order valence-corrected chi connectivity index (χ4v) is 4.08. The maximum absolute atomic E-state index is 12.8. The summed E-state index contributed by atoms with van der Waals surface area (Å²) in [5.74, 6) is -0.0274. The van der Waals surface area contributed by atoms with E-state index in [2.05, 4.69) is 0 Å². The molecule has 1 aromatic heterocycles. The molecular formula is C22H25N3O3. The van der Waals surface area contributed by atoms with Crippen LogP contribution < -0.4 is 5.73 Å². The van der Waals surface area contributed by atoms with Crippen molar-refractivity contribution in [2.45, 2.75) is 31.8 Å². The number of carbonyl (C=O) groups is 2. The van der Waals surface area contributed by atoms with E-state index >= 15 is 0 Å². The molecule has 0 radical (unpaired) electrons. The summed E-state index contributed by atoms with van der Waals surface area (Å²) >= 11 is 0. The lowest BCUT2D eigenvalue weighted by Crippen LogP contribution is -2.44. The van der Waals surface area contributed by atoms with E-state index in [-0.39, 0.29) is 17.9 Å². The van der Waals surface area contributed by atoms with E-state index < -0.39 is 5.91 Å². The van der Waals surface area contributed by atoms with Crippen LogP contribution in [-0.2, 0) is 9.53 Å². The Kier molecular flexibility index (Phi) is 5.39. The summed E-state index contributed by atoms with van der Waals surface area (Å²) in [5, 5.41) is 0. The summed E-state index contributed by atoms with van der Waals surface area (Å²) in [6, 6.07) is 12.9. The molecular weight excluding hydrogens is 354 g/mol. The summed E-state index contributed by atoms with van der Waals surface area (Å²) in [4.78, 5) is 30.9. The Morgan fingerprint density at radius 3 is 2.68 bits per heavy atom. The number of pyridine rings is 1. The number of hydrogen-bond donors (Lipinski definition) is 1. The van der Waals surface area contributed by atoms with E-state index in [4.69, 9.17) is 15.5 Å². The maximum atomic E-state index is 12.8. The Morgan fingerprint density at radius 1 is 1.11 bits per heavy atom. The third kappa shape index (κ3) is 3.92. The lowest BCUT2D eigenvalue weighted by Gasteiger charge is -2.34. The SMILES string of the molecule is NC(=O)c1cccc(-c2cccc([C@H]3CN(C(=O)C4CCCC4)CCO3)n2)c1. The van der Waals surface area contributed by atoms with Crippen molar-refractivity contribution in [3.63, 3.8) is 0 Å². The monoisotopic (exact) mass is 379 g/mol. The first-order chi connectivity index (χ1) is 13.6. The quantitative estimate of drug-likeness (QED) is 0.885. The van der Waals surface area contributed by atoms with Crippen LogP contribution in [-0.4, -0.2) is 41.4 Å². The molecule has 1 atom stereocenters. The van der Waals surface area contributed by atoms with Gasteiger partial charge in [-0.1, -0.05) is 31.0 Å². The van der Waals surface area contributed by atoms with Gasteiger partial charge in [0.1, 0.15) is 6.10 Å². The van der Waals surface area contributed by atoms with Gasteiger partial charge >= 0.3 is 0 Å². The van der Waals surface area contributed by atoms with Gasteiger partial charge in [-0.25, -0.2) is 4.98 Å². The smallest absolute Gasteiger partial charge is 0.248 e. The Bertz CT molecular complexity index is 877. The molecule has 1 aliphatic heterocycles. The predicted octanol–water partition coefficient (Wildman–Crippen LogP) is 2.94. The molecule has 6 nitrogen and oxygen atoms in total. The third-order valence-corrected chi connectivity index (χ3v) is 5.63. The summed E-state index contributed by atoms with van der Waals surface area (Å²) < 4.78 is 5.93. The number of amides is 2. The number of nitrogens with two attached hydrogens (primary N) is 1. The molecule has 2 N–H and O–H groups in total. The molecule has 4 rings (SSSR count). The molecule has 6 heteroatoms.